The Labute approximate surface area is 117 Å². The van der Waals surface area contributed by atoms with Gasteiger partial charge in [-0.15, -0.1) is 0 Å². The van der Waals surface area contributed by atoms with Gasteiger partial charge in [-0.25, -0.2) is 9.18 Å². The Hall–Kier alpha value is -2.20. The van der Waals surface area contributed by atoms with E-state index < -0.39 is 11.8 Å². The number of aromatic carboxylic acids is 1. The summed E-state index contributed by atoms with van der Waals surface area (Å²) in [7, 11) is 1.90. The fourth-order valence-electron chi connectivity index (χ4n) is 2.05. The number of hydrogen-bond acceptors (Lipinski definition) is 2. The first-order valence-electron chi connectivity index (χ1n) is 6.30. The van der Waals surface area contributed by atoms with Crippen molar-refractivity contribution < 1.29 is 14.3 Å². The standard InChI is InChI=1S/C16H16FNO2/c1-18(10-12-5-3-2-4-6-12)11-14-8-7-13(16(19)20)9-15(14)17/h2-9H,10-11H2,1H3,(H,19,20). The van der Waals surface area contributed by atoms with E-state index in [1.807, 2.05) is 42.3 Å². The molecule has 2 aromatic rings. The molecule has 2 aromatic carbocycles. The van der Waals surface area contributed by atoms with Gasteiger partial charge in [0.25, 0.3) is 0 Å². The Kier molecular flexibility index (Phi) is 4.48. The Morgan fingerprint density at radius 2 is 1.85 bits per heavy atom. The lowest BCUT2D eigenvalue weighted by Gasteiger charge is -2.17. The molecule has 2 rings (SSSR count). The molecule has 0 unspecified atom stereocenters. The average Bonchev–Trinajstić information content (AvgIpc) is 2.42. The van der Waals surface area contributed by atoms with Crippen molar-refractivity contribution in [2.45, 2.75) is 13.1 Å². The lowest BCUT2D eigenvalue weighted by Crippen LogP contribution is -2.18. The molecule has 0 heterocycles. The molecular weight excluding hydrogens is 257 g/mol. The Bertz CT molecular complexity index is 599. The number of carboxylic acids is 1. The van der Waals surface area contributed by atoms with E-state index in [9.17, 15) is 9.18 Å². The molecule has 0 aliphatic rings. The third-order valence-electron chi connectivity index (χ3n) is 3.04. The first-order chi connectivity index (χ1) is 9.56. The van der Waals surface area contributed by atoms with Gasteiger partial charge in [0.05, 0.1) is 5.56 Å². The predicted molar refractivity (Wildman–Crippen MR) is 75.0 cm³/mol. The van der Waals surface area contributed by atoms with Gasteiger partial charge >= 0.3 is 5.97 Å². The second-order valence-electron chi connectivity index (χ2n) is 4.77. The van der Waals surface area contributed by atoms with Crippen LogP contribution in [0.5, 0.6) is 0 Å². The predicted octanol–water partition coefficient (Wildman–Crippen LogP) is 3.16. The van der Waals surface area contributed by atoms with Crippen molar-refractivity contribution in [2.75, 3.05) is 7.05 Å². The van der Waals surface area contributed by atoms with E-state index in [4.69, 9.17) is 5.11 Å². The molecule has 0 amide bonds. The van der Waals surface area contributed by atoms with Gasteiger partial charge in [0.2, 0.25) is 0 Å². The minimum Gasteiger partial charge on any atom is -0.478 e. The summed E-state index contributed by atoms with van der Waals surface area (Å²) in [5.41, 5.74) is 1.61. The van der Waals surface area contributed by atoms with Crippen molar-refractivity contribution in [1.82, 2.24) is 4.90 Å². The molecule has 0 atom stereocenters. The molecule has 3 nitrogen and oxygen atoms in total. The van der Waals surface area contributed by atoms with Crippen molar-refractivity contribution in [1.29, 1.82) is 0 Å². The van der Waals surface area contributed by atoms with Crippen LogP contribution in [0.15, 0.2) is 48.5 Å². The van der Waals surface area contributed by atoms with Gasteiger partial charge in [0.15, 0.2) is 0 Å². The van der Waals surface area contributed by atoms with E-state index in [0.29, 0.717) is 18.7 Å². The number of halogens is 1. The summed E-state index contributed by atoms with van der Waals surface area (Å²) in [6, 6.07) is 13.9. The topological polar surface area (TPSA) is 40.5 Å². The molecule has 0 aromatic heterocycles. The third-order valence-corrected chi connectivity index (χ3v) is 3.04. The van der Waals surface area contributed by atoms with Crippen LogP contribution in [0.25, 0.3) is 0 Å². The maximum atomic E-state index is 13.8. The second-order valence-corrected chi connectivity index (χ2v) is 4.77. The minimum absolute atomic E-state index is 0.0306. The molecule has 0 spiro atoms. The smallest absolute Gasteiger partial charge is 0.335 e. The first kappa shape index (κ1) is 14.2. The number of benzene rings is 2. The summed E-state index contributed by atoms with van der Waals surface area (Å²) in [6.07, 6.45) is 0. The van der Waals surface area contributed by atoms with Crippen molar-refractivity contribution in [3.05, 3.63) is 71.0 Å². The molecule has 0 aliphatic carbocycles. The van der Waals surface area contributed by atoms with Gasteiger partial charge in [0, 0.05) is 18.7 Å². The Morgan fingerprint density at radius 3 is 2.45 bits per heavy atom. The minimum atomic E-state index is -1.12. The third kappa shape index (κ3) is 3.65. The molecule has 0 saturated carbocycles. The zero-order valence-electron chi connectivity index (χ0n) is 11.2. The van der Waals surface area contributed by atoms with Crippen LogP contribution in [0.1, 0.15) is 21.5 Å². The average molecular weight is 273 g/mol. The van der Waals surface area contributed by atoms with Crippen molar-refractivity contribution in [3.63, 3.8) is 0 Å². The molecule has 0 aliphatic heterocycles. The van der Waals surface area contributed by atoms with Gasteiger partial charge in [-0.1, -0.05) is 36.4 Å². The number of rotatable bonds is 5. The first-order valence-corrected chi connectivity index (χ1v) is 6.30. The summed E-state index contributed by atoms with van der Waals surface area (Å²) in [4.78, 5) is 12.7. The molecule has 104 valence electrons. The highest BCUT2D eigenvalue weighted by atomic mass is 19.1. The highest BCUT2D eigenvalue weighted by Crippen LogP contribution is 2.14. The largest absolute Gasteiger partial charge is 0.478 e. The Balaban J connectivity index is 2.04. The van der Waals surface area contributed by atoms with E-state index in [-0.39, 0.29) is 5.56 Å². The monoisotopic (exact) mass is 273 g/mol. The van der Waals surface area contributed by atoms with Crippen LogP contribution < -0.4 is 0 Å². The lowest BCUT2D eigenvalue weighted by atomic mass is 10.1. The van der Waals surface area contributed by atoms with Gasteiger partial charge in [0.1, 0.15) is 5.82 Å². The van der Waals surface area contributed by atoms with Crippen molar-refractivity contribution in [2.24, 2.45) is 0 Å². The van der Waals surface area contributed by atoms with Crippen molar-refractivity contribution >= 4 is 5.97 Å². The molecule has 4 heteroatoms. The summed E-state index contributed by atoms with van der Waals surface area (Å²) in [6.45, 7) is 1.14. The number of carboxylic acid groups (broad SMARTS) is 1. The van der Waals surface area contributed by atoms with E-state index in [1.54, 1.807) is 0 Å². The maximum Gasteiger partial charge on any atom is 0.335 e. The van der Waals surface area contributed by atoms with Crippen LogP contribution >= 0.6 is 0 Å². The van der Waals surface area contributed by atoms with Gasteiger partial charge in [-0.2, -0.15) is 0 Å². The number of nitrogens with zero attached hydrogens (tertiary/aromatic N) is 1. The van der Waals surface area contributed by atoms with E-state index >= 15 is 0 Å². The summed E-state index contributed by atoms with van der Waals surface area (Å²) in [5.74, 6) is -1.60. The van der Waals surface area contributed by atoms with Crippen LogP contribution in [0.2, 0.25) is 0 Å². The van der Waals surface area contributed by atoms with Crippen LogP contribution in [0.4, 0.5) is 4.39 Å². The van der Waals surface area contributed by atoms with E-state index in [0.717, 1.165) is 11.6 Å². The number of carbonyl (C=O) groups is 1. The van der Waals surface area contributed by atoms with Crippen LogP contribution in [-0.2, 0) is 13.1 Å². The molecule has 0 saturated heterocycles. The molecule has 0 fully saturated rings. The second kappa shape index (κ2) is 6.30. The maximum absolute atomic E-state index is 13.8. The van der Waals surface area contributed by atoms with E-state index in [1.165, 1.54) is 12.1 Å². The van der Waals surface area contributed by atoms with Crippen molar-refractivity contribution in [3.8, 4) is 0 Å². The molecule has 0 radical (unpaired) electrons. The SMILES string of the molecule is CN(Cc1ccccc1)Cc1ccc(C(=O)O)cc1F. The highest BCUT2D eigenvalue weighted by molar-refractivity contribution is 5.87. The quantitative estimate of drug-likeness (QED) is 0.909. The summed E-state index contributed by atoms with van der Waals surface area (Å²) >= 11 is 0. The van der Waals surface area contributed by atoms with Crippen LogP contribution in [0.3, 0.4) is 0 Å². The fourth-order valence-corrected chi connectivity index (χ4v) is 2.05. The van der Waals surface area contributed by atoms with Gasteiger partial charge in [-0.3, -0.25) is 4.90 Å². The zero-order valence-corrected chi connectivity index (χ0v) is 11.2. The summed E-state index contributed by atoms with van der Waals surface area (Å²) < 4.78 is 13.8. The normalized spacial score (nSPS) is 10.8. The van der Waals surface area contributed by atoms with Gasteiger partial charge in [-0.05, 0) is 24.7 Å². The lowest BCUT2D eigenvalue weighted by molar-refractivity contribution is 0.0696. The van der Waals surface area contributed by atoms with E-state index in [2.05, 4.69) is 0 Å². The van der Waals surface area contributed by atoms with Gasteiger partial charge < -0.3 is 5.11 Å². The molecular formula is C16H16FNO2. The van der Waals surface area contributed by atoms with Crippen LogP contribution in [0, 0.1) is 5.82 Å². The zero-order chi connectivity index (χ0) is 14.5. The molecule has 0 bridgehead atoms. The fraction of sp³-hybridized carbons (Fsp3) is 0.188. The Morgan fingerprint density at radius 1 is 1.15 bits per heavy atom. The van der Waals surface area contributed by atoms with Crippen LogP contribution in [-0.4, -0.2) is 23.0 Å². The molecule has 20 heavy (non-hydrogen) atoms. The number of hydrogen-bond donors (Lipinski definition) is 1. The molecule has 1 N–H and O–H groups in total. The summed E-state index contributed by atoms with van der Waals surface area (Å²) in [5, 5.41) is 8.80. The highest BCUT2D eigenvalue weighted by Gasteiger charge is 2.10.